The minimum Gasteiger partial charge on any atom is -0.398 e. The summed E-state index contributed by atoms with van der Waals surface area (Å²) < 4.78 is 0. The first-order valence-electron chi connectivity index (χ1n) is 7.24. The monoisotopic (exact) mass is 300 g/mol. The number of nitrogen functional groups attached to an aromatic ring is 2. The number of nitrogens with two attached hydrogens (primary N) is 2. The van der Waals surface area contributed by atoms with E-state index in [0.717, 1.165) is 22.5 Å². The maximum Gasteiger partial charge on any atom is 0.0425 e. The zero-order valence-corrected chi connectivity index (χ0v) is 14.5. The van der Waals surface area contributed by atoms with Crippen LogP contribution in [0, 0.1) is 13.8 Å². The average molecular weight is 300 g/mol. The molecule has 2 aromatic carbocycles. The van der Waals surface area contributed by atoms with Gasteiger partial charge in [0.15, 0.2) is 0 Å². The molecule has 0 saturated carbocycles. The van der Waals surface area contributed by atoms with Crippen LogP contribution in [0.4, 0.5) is 11.4 Å². The fraction of sp³-hybridized carbons (Fsp3) is 0.333. The van der Waals surface area contributed by atoms with Gasteiger partial charge in [0.05, 0.1) is 0 Å². The minimum absolute atomic E-state index is 0.0964. The van der Waals surface area contributed by atoms with Gasteiger partial charge in [0.2, 0.25) is 0 Å². The van der Waals surface area contributed by atoms with Gasteiger partial charge in [-0.1, -0.05) is 57.2 Å². The SMILES string of the molecule is Cc1cccc(P(c2cccc(C)c2N)C(C)(C)C)c1N. The lowest BCUT2D eigenvalue weighted by Gasteiger charge is -2.34. The Morgan fingerprint density at radius 2 is 1.14 bits per heavy atom. The molecule has 21 heavy (non-hydrogen) atoms. The molecule has 3 heteroatoms. The average Bonchev–Trinajstić information content (AvgIpc) is 2.38. The maximum atomic E-state index is 6.38. The molecule has 0 saturated heterocycles. The molecule has 0 heterocycles. The topological polar surface area (TPSA) is 52.0 Å². The Hall–Kier alpha value is -1.53. The van der Waals surface area contributed by atoms with Gasteiger partial charge < -0.3 is 11.5 Å². The second kappa shape index (κ2) is 5.69. The van der Waals surface area contributed by atoms with Gasteiger partial charge in [-0.2, -0.15) is 0 Å². The Bertz CT molecular complexity index is 605. The first-order valence-corrected chi connectivity index (χ1v) is 8.58. The molecule has 4 N–H and O–H groups in total. The van der Waals surface area contributed by atoms with Crippen LogP contribution in [-0.2, 0) is 0 Å². The summed E-state index contributed by atoms with van der Waals surface area (Å²) in [7, 11) is -0.616. The zero-order valence-electron chi connectivity index (χ0n) is 13.6. The third kappa shape index (κ3) is 3.06. The van der Waals surface area contributed by atoms with Crippen LogP contribution >= 0.6 is 7.92 Å². The lowest BCUT2D eigenvalue weighted by atomic mass is 10.2. The van der Waals surface area contributed by atoms with Crippen molar-refractivity contribution in [2.75, 3.05) is 11.5 Å². The van der Waals surface area contributed by atoms with E-state index in [4.69, 9.17) is 11.5 Å². The lowest BCUT2D eigenvalue weighted by Crippen LogP contribution is -2.30. The molecule has 0 unspecified atom stereocenters. The van der Waals surface area contributed by atoms with E-state index in [0.29, 0.717) is 0 Å². The van der Waals surface area contributed by atoms with E-state index in [2.05, 4.69) is 71.0 Å². The third-order valence-electron chi connectivity index (χ3n) is 3.75. The molecule has 0 aliphatic rings. The number of anilines is 2. The molecule has 0 spiro atoms. The van der Waals surface area contributed by atoms with E-state index < -0.39 is 7.92 Å². The largest absolute Gasteiger partial charge is 0.398 e. The van der Waals surface area contributed by atoms with Gasteiger partial charge >= 0.3 is 0 Å². The Kier molecular flexibility index (Phi) is 4.30. The molecule has 2 rings (SSSR count). The van der Waals surface area contributed by atoms with Crippen molar-refractivity contribution in [2.24, 2.45) is 0 Å². The second-order valence-electron chi connectivity index (χ2n) is 6.52. The van der Waals surface area contributed by atoms with Crippen molar-refractivity contribution in [1.82, 2.24) is 0 Å². The first-order chi connectivity index (χ1) is 9.73. The lowest BCUT2D eigenvalue weighted by molar-refractivity contribution is 0.793. The van der Waals surface area contributed by atoms with Gasteiger partial charge in [-0.25, -0.2) is 0 Å². The van der Waals surface area contributed by atoms with Crippen LogP contribution in [0.15, 0.2) is 36.4 Å². The summed E-state index contributed by atoms with van der Waals surface area (Å²) in [6.45, 7) is 10.9. The van der Waals surface area contributed by atoms with Gasteiger partial charge in [-0.3, -0.25) is 0 Å². The molecule has 0 bridgehead atoms. The number of rotatable bonds is 2. The maximum absolute atomic E-state index is 6.38. The van der Waals surface area contributed by atoms with Crippen LogP contribution in [0.5, 0.6) is 0 Å². The molecular formula is C18H25N2P. The summed E-state index contributed by atoms with van der Waals surface area (Å²) in [5, 5.41) is 2.56. The standard InChI is InChI=1S/C18H25N2P/c1-12-8-6-10-14(16(12)19)21(18(3,4)5)15-11-7-9-13(2)17(15)20/h6-11H,19-20H2,1-5H3. The van der Waals surface area contributed by atoms with E-state index in [1.807, 2.05) is 0 Å². The molecule has 2 aromatic rings. The van der Waals surface area contributed by atoms with Crippen LogP contribution in [0.1, 0.15) is 31.9 Å². The highest BCUT2D eigenvalue weighted by Gasteiger charge is 2.30. The number of hydrogen-bond acceptors (Lipinski definition) is 2. The molecule has 0 aromatic heterocycles. The van der Waals surface area contributed by atoms with Crippen molar-refractivity contribution in [2.45, 2.75) is 39.8 Å². The summed E-state index contributed by atoms with van der Waals surface area (Å²) in [5.74, 6) is 0. The van der Waals surface area contributed by atoms with Crippen LogP contribution < -0.4 is 22.1 Å². The van der Waals surface area contributed by atoms with Crippen molar-refractivity contribution in [1.29, 1.82) is 0 Å². The van der Waals surface area contributed by atoms with Gasteiger partial charge in [-0.15, -0.1) is 0 Å². The Balaban J connectivity index is 2.71. The Morgan fingerprint density at radius 1 is 0.762 bits per heavy atom. The Labute approximate surface area is 129 Å². The van der Waals surface area contributed by atoms with E-state index in [1.54, 1.807) is 0 Å². The normalized spacial score (nSPS) is 11.9. The molecule has 2 nitrogen and oxygen atoms in total. The van der Waals surface area contributed by atoms with Crippen molar-refractivity contribution >= 4 is 29.9 Å². The summed E-state index contributed by atoms with van der Waals surface area (Å²) in [6, 6.07) is 12.6. The molecular weight excluding hydrogens is 275 g/mol. The molecule has 0 fully saturated rings. The zero-order chi connectivity index (χ0) is 15.8. The highest BCUT2D eigenvalue weighted by molar-refractivity contribution is 7.75. The molecule has 0 amide bonds. The Morgan fingerprint density at radius 3 is 1.48 bits per heavy atom. The summed E-state index contributed by atoms with van der Waals surface area (Å²) >= 11 is 0. The van der Waals surface area contributed by atoms with Gasteiger partial charge in [-0.05, 0) is 38.1 Å². The highest BCUT2D eigenvalue weighted by Crippen LogP contribution is 2.50. The van der Waals surface area contributed by atoms with Gasteiger partial charge in [0, 0.05) is 22.0 Å². The van der Waals surface area contributed by atoms with Gasteiger partial charge in [0.1, 0.15) is 0 Å². The summed E-state index contributed by atoms with van der Waals surface area (Å²) in [6.07, 6.45) is 0. The van der Waals surface area contributed by atoms with Crippen LogP contribution in [0.25, 0.3) is 0 Å². The summed E-state index contributed by atoms with van der Waals surface area (Å²) in [4.78, 5) is 0. The molecule has 0 aliphatic heterocycles. The van der Waals surface area contributed by atoms with Crippen LogP contribution in [-0.4, -0.2) is 5.16 Å². The molecule has 0 aliphatic carbocycles. The number of hydrogen-bond donors (Lipinski definition) is 2. The fourth-order valence-corrected chi connectivity index (χ4v) is 5.58. The van der Waals surface area contributed by atoms with E-state index in [9.17, 15) is 0 Å². The van der Waals surface area contributed by atoms with E-state index >= 15 is 0 Å². The first kappa shape index (κ1) is 15.9. The van der Waals surface area contributed by atoms with Crippen molar-refractivity contribution in [3.8, 4) is 0 Å². The van der Waals surface area contributed by atoms with E-state index in [-0.39, 0.29) is 5.16 Å². The second-order valence-corrected chi connectivity index (χ2v) is 9.50. The van der Waals surface area contributed by atoms with Crippen molar-refractivity contribution in [3.63, 3.8) is 0 Å². The number of aryl methyl sites for hydroxylation is 2. The highest BCUT2D eigenvalue weighted by atomic mass is 31.1. The molecule has 0 radical (unpaired) electrons. The third-order valence-corrected chi connectivity index (χ3v) is 6.84. The fourth-order valence-electron chi connectivity index (χ4n) is 2.57. The minimum atomic E-state index is -0.616. The molecule has 112 valence electrons. The summed E-state index contributed by atoms with van der Waals surface area (Å²) in [5.41, 5.74) is 16.8. The predicted octanol–water partition coefficient (Wildman–Crippen LogP) is 3.70. The van der Waals surface area contributed by atoms with Crippen LogP contribution in [0.3, 0.4) is 0 Å². The number of para-hydroxylation sites is 2. The number of benzene rings is 2. The predicted molar refractivity (Wildman–Crippen MR) is 97.1 cm³/mol. The van der Waals surface area contributed by atoms with Gasteiger partial charge in [0.25, 0.3) is 0 Å². The quantitative estimate of drug-likeness (QED) is 0.656. The smallest absolute Gasteiger partial charge is 0.0425 e. The molecule has 0 atom stereocenters. The van der Waals surface area contributed by atoms with Crippen molar-refractivity contribution < 1.29 is 0 Å². The van der Waals surface area contributed by atoms with Crippen molar-refractivity contribution in [3.05, 3.63) is 47.5 Å². The van der Waals surface area contributed by atoms with E-state index in [1.165, 1.54) is 10.6 Å². The van der Waals surface area contributed by atoms with Crippen LogP contribution in [0.2, 0.25) is 0 Å².